The molecule has 0 aliphatic rings. The summed E-state index contributed by atoms with van der Waals surface area (Å²) in [4.78, 5) is 28.5. The van der Waals surface area contributed by atoms with E-state index in [1.54, 1.807) is 42.6 Å². The number of rotatable bonds is 6. The molecule has 0 saturated heterocycles. The van der Waals surface area contributed by atoms with Crippen molar-refractivity contribution in [2.24, 2.45) is 0 Å². The topological polar surface area (TPSA) is 94.5 Å². The van der Waals surface area contributed by atoms with Crippen molar-refractivity contribution in [1.82, 2.24) is 9.55 Å². The Morgan fingerprint density at radius 3 is 2.07 bits per heavy atom. The lowest BCUT2D eigenvalue weighted by molar-refractivity contribution is -0.138. The highest BCUT2D eigenvalue weighted by Crippen LogP contribution is 2.40. The van der Waals surface area contributed by atoms with E-state index in [0.29, 0.717) is 28.2 Å². The van der Waals surface area contributed by atoms with E-state index in [1.165, 1.54) is 35.9 Å². The van der Waals surface area contributed by atoms with Crippen LogP contribution in [0.5, 0.6) is 23.0 Å². The average molecular weight is 564 g/mol. The number of alkyl halides is 3. The van der Waals surface area contributed by atoms with Crippen LogP contribution >= 0.6 is 0 Å². The normalized spacial score (nSPS) is 11.2. The van der Waals surface area contributed by atoms with E-state index in [-0.39, 0.29) is 17.3 Å². The molecule has 0 spiro atoms. The summed E-state index contributed by atoms with van der Waals surface area (Å²) in [6.45, 7) is 1.42. The second kappa shape index (κ2) is 11.0. The minimum atomic E-state index is -4.78. The SMILES string of the molecule is CC(=O)n1ccc2c(Oc3ccc(NC(=O)Nc4ccc(Oc5ccc(F)cc5)c(C(F)(F)F)c4)cc3)ccnc21. The van der Waals surface area contributed by atoms with E-state index < -0.39 is 29.3 Å². The van der Waals surface area contributed by atoms with Crippen molar-refractivity contribution in [2.75, 3.05) is 10.6 Å². The van der Waals surface area contributed by atoms with Crippen LogP contribution < -0.4 is 20.1 Å². The average Bonchev–Trinajstić information content (AvgIpc) is 3.37. The highest BCUT2D eigenvalue weighted by molar-refractivity contribution is 6.00. The molecule has 2 amide bonds. The highest BCUT2D eigenvalue weighted by atomic mass is 19.4. The molecule has 8 nitrogen and oxygen atoms in total. The predicted molar refractivity (Wildman–Crippen MR) is 143 cm³/mol. The van der Waals surface area contributed by atoms with Gasteiger partial charge in [-0.2, -0.15) is 13.2 Å². The Bertz CT molecular complexity index is 1730. The maximum Gasteiger partial charge on any atom is 0.420 e. The van der Waals surface area contributed by atoms with Gasteiger partial charge in [0, 0.05) is 30.7 Å². The van der Waals surface area contributed by atoms with Crippen LogP contribution in [0.1, 0.15) is 17.3 Å². The molecular weight excluding hydrogens is 544 g/mol. The Morgan fingerprint density at radius 2 is 1.41 bits per heavy atom. The summed E-state index contributed by atoms with van der Waals surface area (Å²) in [5, 5.41) is 5.54. The van der Waals surface area contributed by atoms with Gasteiger partial charge in [-0.25, -0.2) is 14.2 Å². The van der Waals surface area contributed by atoms with Crippen molar-refractivity contribution >= 4 is 34.3 Å². The number of hydrogen-bond acceptors (Lipinski definition) is 5. The number of hydrogen-bond donors (Lipinski definition) is 2. The number of fused-ring (bicyclic) bond motifs is 1. The van der Waals surface area contributed by atoms with E-state index in [9.17, 15) is 27.2 Å². The Morgan fingerprint density at radius 1 is 0.805 bits per heavy atom. The van der Waals surface area contributed by atoms with E-state index in [1.807, 2.05) is 0 Å². The van der Waals surface area contributed by atoms with Gasteiger partial charge in [0.25, 0.3) is 0 Å². The molecule has 2 heterocycles. The van der Waals surface area contributed by atoms with Crippen LogP contribution in [0.2, 0.25) is 0 Å². The molecule has 0 fully saturated rings. The molecule has 208 valence electrons. The molecular formula is C29H20F4N4O4. The molecule has 5 aromatic rings. The second-order valence-corrected chi connectivity index (χ2v) is 8.72. The summed E-state index contributed by atoms with van der Waals surface area (Å²) >= 11 is 0. The van der Waals surface area contributed by atoms with Crippen LogP contribution in [-0.2, 0) is 6.18 Å². The summed E-state index contributed by atoms with van der Waals surface area (Å²) in [5.74, 6) is -0.327. The summed E-state index contributed by atoms with van der Waals surface area (Å²) in [7, 11) is 0. The number of halogens is 4. The zero-order valence-corrected chi connectivity index (χ0v) is 21.2. The van der Waals surface area contributed by atoms with Gasteiger partial charge in [0.2, 0.25) is 5.91 Å². The van der Waals surface area contributed by atoms with Crippen molar-refractivity contribution < 1.29 is 36.6 Å². The zero-order valence-electron chi connectivity index (χ0n) is 21.2. The number of urea groups is 1. The summed E-state index contributed by atoms with van der Waals surface area (Å²) in [5.41, 5.74) is -0.441. The van der Waals surface area contributed by atoms with Gasteiger partial charge in [0.15, 0.2) is 0 Å². The third-order valence-corrected chi connectivity index (χ3v) is 5.81. The lowest BCUT2D eigenvalue weighted by Gasteiger charge is -2.16. The van der Waals surface area contributed by atoms with Gasteiger partial charge < -0.3 is 20.1 Å². The first-order chi connectivity index (χ1) is 19.6. The number of amides is 2. The second-order valence-electron chi connectivity index (χ2n) is 8.72. The fourth-order valence-corrected chi connectivity index (χ4v) is 3.93. The maximum atomic E-state index is 13.7. The Kier molecular flexibility index (Phi) is 7.30. The zero-order chi connectivity index (χ0) is 29.1. The minimum absolute atomic E-state index is 0.0191. The van der Waals surface area contributed by atoms with E-state index in [2.05, 4.69) is 15.6 Å². The third kappa shape index (κ3) is 6.27. The van der Waals surface area contributed by atoms with Crippen LogP contribution in [0.3, 0.4) is 0 Å². The highest BCUT2D eigenvalue weighted by Gasteiger charge is 2.35. The molecule has 3 aromatic carbocycles. The molecule has 0 aliphatic carbocycles. The van der Waals surface area contributed by atoms with Gasteiger partial charge in [-0.15, -0.1) is 0 Å². The van der Waals surface area contributed by atoms with E-state index in [0.717, 1.165) is 24.3 Å². The fraction of sp³-hybridized carbons (Fsp3) is 0.0690. The lowest BCUT2D eigenvalue weighted by atomic mass is 10.1. The quantitative estimate of drug-likeness (QED) is 0.203. The first kappa shape index (κ1) is 27.2. The molecule has 0 aliphatic heterocycles. The van der Waals surface area contributed by atoms with Gasteiger partial charge in [-0.05, 0) is 78.9 Å². The number of benzene rings is 3. The van der Waals surface area contributed by atoms with Gasteiger partial charge in [-0.3, -0.25) is 9.36 Å². The summed E-state index contributed by atoms with van der Waals surface area (Å²) < 4.78 is 66.8. The lowest BCUT2D eigenvalue weighted by Crippen LogP contribution is -2.20. The molecule has 2 aromatic heterocycles. The summed E-state index contributed by atoms with van der Waals surface area (Å²) in [6, 6.07) is 16.5. The van der Waals surface area contributed by atoms with Crippen LogP contribution in [0.4, 0.5) is 33.7 Å². The van der Waals surface area contributed by atoms with Gasteiger partial charge in [0.1, 0.15) is 40.0 Å². The van der Waals surface area contributed by atoms with E-state index >= 15 is 0 Å². The number of nitrogens with zero attached hydrogens (tertiary/aromatic N) is 2. The molecule has 12 heteroatoms. The third-order valence-electron chi connectivity index (χ3n) is 5.81. The molecule has 2 N–H and O–H groups in total. The van der Waals surface area contributed by atoms with Crippen molar-refractivity contribution in [3.8, 4) is 23.0 Å². The molecule has 0 saturated carbocycles. The first-order valence-corrected chi connectivity index (χ1v) is 12.0. The van der Waals surface area contributed by atoms with E-state index in [4.69, 9.17) is 9.47 Å². The van der Waals surface area contributed by atoms with Crippen molar-refractivity contribution in [3.05, 3.63) is 103 Å². The Labute approximate surface area is 230 Å². The molecule has 41 heavy (non-hydrogen) atoms. The molecule has 0 radical (unpaired) electrons. The van der Waals surface area contributed by atoms with Crippen molar-refractivity contribution in [1.29, 1.82) is 0 Å². The molecule has 0 bridgehead atoms. The Balaban J connectivity index is 1.25. The molecule has 5 rings (SSSR count). The number of pyridine rings is 1. The predicted octanol–water partition coefficient (Wildman–Crippen LogP) is 8.08. The van der Waals surface area contributed by atoms with Crippen LogP contribution in [-0.4, -0.2) is 21.5 Å². The van der Waals surface area contributed by atoms with Crippen LogP contribution in [0, 0.1) is 5.82 Å². The van der Waals surface area contributed by atoms with Crippen LogP contribution in [0.25, 0.3) is 11.0 Å². The number of nitrogens with one attached hydrogen (secondary N) is 2. The smallest absolute Gasteiger partial charge is 0.420 e. The maximum absolute atomic E-state index is 13.7. The molecule has 0 unspecified atom stereocenters. The number of aromatic nitrogens is 2. The number of carbonyl (C=O) groups excluding carboxylic acids is 2. The van der Waals surface area contributed by atoms with Crippen LogP contribution in [0.15, 0.2) is 91.3 Å². The minimum Gasteiger partial charge on any atom is -0.457 e. The first-order valence-electron chi connectivity index (χ1n) is 12.0. The number of ether oxygens (including phenoxy) is 2. The monoisotopic (exact) mass is 564 g/mol. The fourth-order valence-electron chi connectivity index (χ4n) is 3.93. The number of anilines is 2. The standard InChI is InChI=1S/C29H20F4N4O4/c1-17(38)37-15-13-23-25(12-14-34-27(23)37)40-22-9-4-19(5-10-22)35-28(39)36-20-6-11-26(24(16-20)29(31,32)33)41-21-7-2-18(30)3-8-21/h2-16H,1H3,(H2,35,36,39). The van der Waals surface area contributed by atoms with Gasteiger partial charge >= 0.3 is 12.2 Å². The van der Waals surface area contributed by atoms with Gasteiger partial charge in [-0.1, -0.05) is 0 Å². The largest absolute Gasteiger partial charge is 0.457 e. The van der Waals surface area contributed by atoms with Crippen molar-refractivity contribution in [3.63, 3.8) is 0 Å². The summed E-state index contributed by atoms with van der Waals surface area (Å²) in [6.07, 6.45) is -1.67. The van der Waals surface area contributed by atoms with Gasteiger partial charge in [0.05, 0.1) is 5.39 Å². The Hall–Kier alpha value is -5.39. The molecule has 0 atom stereocenters. The number of carbonyl (C=O) groups is 2. The van der Waals surface area contributed by atoms with Crippen molar-refractivity contribution in [2.45, 2.75) is 13.1 Å².